The zero-order valence-electron chi connectivity index (χ0n) is 13.8. The predicted molar refractivity (Wildman–Crippen MR) is 96.4 cm³/mol. The second-order valence-electron chi connectivity index (χ2n) is 5.10. The average Bonchev–Trinajstić information content (AvgIpc) is 2.45. The van der Waals surface area contributed by atoms with Crippen LogP contribution in [0.25, 0.3) is 4.91 Å². The Morgan fingerprint density at radius 3 is 2.05 bits per heavy atom. The van der Waals surface area contributed by atoms with Crippen molar-refractivity contribution in [2.45, 2.75) is 41.5 Å². The largest absolute Gasteiger partial charge is 0.268 e. The van der Waals surface area contributed by atoms with Crippen LogP contribution in [-0.2, 0) is 0 Å². The minimum atomic E-state index is 0.400. The van der Waals surface area contributed by atoms with Crippen molar-refractivity contribution in [2.24, 2.45) is 16.8 Å². The van der Waals surface area contributed by atoms with Crippen LogP contribution in [0.2, 0.25) is 0 Å². The van der Waals surface area contributed by atoms with Crippen LogP contribution in [0.1, 0.15) is 47.1 Å². The normalized spacial score (nSPS) is 11.8. The molecular formula is C18H29NS. The molecule has 0 spiro atoms. The fourth-order valence-electron chi connectivity index (χ4n) is 1.66. The molecule has 0 aliphatic carbocycles. The summed E-state index contributed by atoms with van der Waals surface area (Å²) in [5.41, 5.74) is 2.35. The summed E-state index contributed by atoms with van der Waals surface area (Å²) in [4.78, 5) is 5.52. The Labute approximate surface area is 129 Å². The lowest BCUT2D eigenvalue weighted by atomic mass is 10.1. The molecule has 1 rings (SSSR count). The molecule has 1 aromatic rings. The molecular weight excluding hydrogens is 262 g/mol. The Morgan fingerprint density at radius 2 is 1.65 bits per heavy atom. The SMILES string of the molecule is C=N/C(=C(\SCC(C)C)c1ccccc1)C(C)C.CC. The van der Waals surface area contributed by atoms with Crippen LogP contribution < -0.4 is 0 Å². The van der Waals surface area contributed by atoms with Gasteiger partial charge in [-0.1, -0.05) is 71.9 Å². The highest BCUT2D eigenvalue weighted by Crippen LogP contribution is 2.35. The van der Waals surface area contributed by atoms with Gasteiger partial charge in [0.05, 0.1) is 5.70 Å². The van der Waals surface area contributed by atoms with E-state index in [0.29, 0.717) is 11.8 Å². The van der Waals surface area contributed by atoms with Crippen LogP contribution in [0.15, 0.2) is 41.0 Å². The zero-order valence-corrected chi connectivity index (χ0v) is 14.6. The first-order chi connectivity index (χ1) is 9.56. The maximum Gasteiger partial charge on any atom is 0.0563 e. The van der Waals surface area contributed by atoms with Crippen LogP contribution in [0, 0.1) is 11.8 Å². The van der Waals surface area contributed by atoms with Crippen molar-refractivity contribution in [2.75, 3.05) is 5.75 Å². The average molecular weight is 292 g/mol. The highest BCUT2D eigenvalue weighted by Gasteiger charge is 2.12. The standard InChI is InChI=1S/C16H23NS.C2H6/c1-12(2)11-18-16(15(17-5)13(3)4)14-9-7-6-8-10-14;1-2/h6-10,12-13H,5,11H2,1-4H3;1-2H3/b16-15-;. The molecule has 0 radical (unpaired) electrons. The molecule has 0 unspecified atom stereocenters. The van der Waals surface area contributed by atoms with E-state index in [-0.39, 0.29) is 0 Å². The fourth-order valence-corrected chi connectivity index (χ4v) is 2.91. The summed E-state index contributed by atoms with van der Waals surface area (Å²) in [7, 11) is 0. The number of rotatable bonds is 6. The van der Waals surface area contributed by atoms with Gasteiger partial charge in [0.25, 0.3) is 0 Å². The van der Waals surface area contributed by atoms with E-state index in [4.69, 9.17) is 0 Å². The molecule has 0 aliphatic heterocycles. The minimum Gasteiger partial charge on any atom is -0.268 e. The van der Waals surface area contributed by atoms with Crippen molar-refractivity contribution in [3.05, 3.63) is 41.6 Å². The molecule has 0 N–H and O–H groups in total. The molecule has 1 nitrogen and oxygen atoms in total. The molecule has 0 heterocycles. The number of nitrogens with zero attached hydrogens (tertiary/aromatic N) is 1. The van der Waals surface area contributed by atoms with Gasteiger partial charge in [-0.05, 0) is 24.1 Å². The fraction of sp³-hybridized carbons (Fsp3) is 0.500. The van der Waals surface area contributed by atoms with E-state index in [0.717, 1.165) is 11.4 Å². The van der Waals surface area contributed by atoms with Crippen molar-refractivity contribution in [3.63, 3.8) is 0 Å². The predicted octanol–water partition coefficient (Wildman–Crippen LogP) is 6.13. The van der Waals surface area contributed by atoms with E-state index < -0.39 is 0 Å². The molecule has 0 aliphatic rings. The van der Waals surface area contributed by atoms with Gasteiger partial charge in [-0.2, -0.15) is 0 Å². The van der Waals surface area contributed by atoms with Gasteiger partial charge in [-0.15, -0.1) is 11.8 Å². The Hall–Kier alpha value is -1.02. The monoisotopic (exact) mass is 291 g/mol. The third-order valence-electron chi connectivity index (χ3n) is 2.55. The molecule has 0 saturated carbocycles. The lowest BCUT2D eigenvalue weighted by Gasteiger charge is -2.15. The van der Waals surface area contributed by atoms with E-state index in [9.17, 15) is 0 Å². The van der Waals surface area contributed by atoms with Gasteiger partial charge in [0.1, 0.15) is 0 Å². The van der Waals surface area contributed by atoms with Crippen LogP contribution in [0.4, 0.5) is 0 Å². The first-order valence-electron chi connectivity index (χ1n) is 7.45. The topological polar surface area (TPSA) is 12.4 Å². The molecule has 20 heavy (non-hydrogen) atoms. The summed E-state index contributed by atoms with van der Waals surface area (Å²) in [5.74, 6) is 2.18. The van der Waals surface area contributed by atoms with E-state index in [2.05, 4.69) is 63.7 Å². The highest BCUT2D eigenvalue weighted by atomic mass is 32.2. The highest BCUT2D eigenvalue weighted by molar-refractivity contribution is 8.08. The van der Waals surface area contributed by atoms with Gasteiger partial charge in [-0.3, -0.25) is 4.99 Å². The first-order valence-corrected chi connectivity index (χ1v) is 8.44. The van der Waals surface area contributed by atoms with Crippen molar-refractivity contribution in [1.82, 2.24) is 0 Å². The summed E-state index contributed by atoms with van der Waals surface area (Å²) in [6.07, 6.45) is 0. The molecule has 0 fully saturated rings. The van der Waals surface area contributed by atoms with Crippen molar-refractivity contribution < 1.29 is 0 Å². The number of thioether (sulfide) groups is 1. The third kappa shape index (κ3) is 6.42. The Morgan fingerprint density at radius 1 is 1.10 bits per heavy atom. The quantitative estimate of drug-likeness (QED) is 0.574. The lowest BCUT2D eigenvalue weighted by molar-refractivity contribution is 0.750. The maximum atomic E-state index is 4.25. The second-order valence-corrected chi connectivity index (χ2v) is 6.13. The molecule has 0 bridgehead atoms. The van der Waals surface area contributed by atoms with Crippen molar-refractivity contribution in [3.8, 4) is 0 Å². The van der Waals surface area contributed by atoms with Gasteiger partial charge in [0.2, 0.25) is 0 Å². The van der Waals surface area contributed by atoms with Gasteiger partial charge in [-0.25, -0.2) is 0 Å². The Kier molecular flexibility index (Phi) is 10.2. The number of hydrogen-bond acceptors (Lipinski definition) is 2. The number of benzene rings is 1. The van der Waals surface area contributed by atoms with E-state index in [1.807, 2.05) is 31.7 Å². The first kappa shape index (κ1) is 19.0. The zero-order chi connectivity index (χ0) is 15.5. The Balaban J connectivity index is 0.00000172. The summed E-state index contributed by atoms with van der Waals surface area (Å²) < 4.78 is 0. The van der Waals surface area contributed by atoms with Gasteiger partial charge in [0, 0.05) is 10.7 Å². The molecule has 2 heteroatoms. The second kappa shape index (κ2) is 10.7. The maximum absolute atomic E-state index is 4.25. The summed E-state index contributed by atoms with van der Waals surface area (Å²) in [6, 6.07) is 10.5. The number of allylic oxidation sites excluding steroid dienone is 1. The smallest absolute Gasteiger partial charge is 0.0563 e. The molecule has 0 amide bonds. The minimum absolute atomic E-state index is 0.400. The van der Waals surface area contributed by atoms with Crippen LogP contribution in [-0.4, -0.2) is 12.5 Å². The Bertz CT molecular complexity index is 405. The summed E-state index contributed by atoms with van der Waals surface area (Å²) >= 11 is 1.89. The molecule has 0 aromatic heterocycles. The summed E-state index contributed by atoms with van der Waals surface area (Å²) in [5, 5.41) is 0. The number of aliphatic imine (C=N–C) groups is 1. The van der Waals surface area contributed by atoms with Gasteiger partial charge in [0.15, 0.2) is 0 Å². The van der Waals surface area contributed by atoms with Gasteiger partial charge >= 0.3 is 0 Å². The van der Waals surface area contributed by atoms with E-state index in [1.165, 1.54) is 10.5 Å². The van der Waals surface area contributed by atoms with Gasteiger partial charge < -0.3 is 0 Å². The summed E-state index contributed by atoms with van der Waals surface area (Å²) in [6.45, 7) is 16.6. The molecule has 1 aromatic carbocycles. The third-order valence-corrected chi connectivity index (χ3v) is 4.11. The van der Waals surface area contributed by atoms with Crippen LogP contribution >= 0.6 is 11.8 Å². The van der Waals surface area contributed by atoms with E-state index in [1.54, 1.807) is 0 Å². The molecule has 0 atom stereocenters. The molecule has 0 saturated heterocycles. The van der Waals surface area contributed by atoms with Crippen molar-refractivity contribution in [1.29, 1.82) is 0 Å². The van der Waals surface area contributed by atoms with E-state index >= 15 is 0 Å². The van der Waals surface area contributed by atoms with Crippen LogP contribution in [0.5, 0.6) is 0 Å². The van der Waals surface area contributed by atoms with Crippen molar-refractivity contribution >= 4 is 23.4 Å². The lowest BCUT2D eigenvalue weighted by Crippen LogP contribution is -1.98. The number of hydrogen-bond donors (Lipinski definition) is 0. The molecule has 112 valence electrons. The van der Waals surface area contributed by atoms with Crippen LogP contribution in [0.3, 0.4) is 0 Å².